The Morgan fingerprint density at radius 1 is 1.19 bits per heavy atom. The molecule has 37 heavy (non-hydrogen) atoms. The third-order valence-corrected chi connectivity index (χ3v) is 5.86. The first kappa shape index (κ1) is 27.6. The summed E-state index contributed by atoms with van der Waals surface area (Å²) in [6.45, 7) is 5.81. The van der Waals surface area contributed by atoms with Gasteiger partial charge in [-0.25, -0.2) is 9.97 Å². The third kappa shape index (κ3) is 7.52. The number of carbonyl (C=O) groups excluding carboxylic acids is 2. The van der Waals surface area contributed by atoms with Crippen LogP contribution in [0, 0.1) is 0 Å². The molecule has 0 saturated heterocycles. The number of anilines is 4. The normalized spacial score (nSPS) is 10.5. The molecule has 0 bridgehead atoms. The third-order valence-electron chi connectivity index (χ3n) is 5.58. The first-order valence-electron chi connectivity index (χ1n) is 11.8. The second-order valence-corrected chi connectivity index (χ2v) is 8.56. The van der Waals surface area contributed by atoms with Gasteiger partial charge in [0.25, 0.3) is 0 Å². The van der Waals surface area contributed by atoms with Gasteiger partial charge in [-0.2, -0.15) is 0 Å². The lowest BCUT2D eigenvalue weighted by Gasteiger charge is -2.22. The number of amides is 2. The van der Waals surface area contributed by atoms with Gasteiger partial charge < -0.3 is 26.0 Å². The van der Waals surface area contributed by atoms with Crippen molar-refractivity contribution in [2.24, 2.45) is 5.73 Å². The summed E-state index contributed by atoms with van der Waals surface area (Å²) in [5, 5.41) is 6.30. The molecule has 2 amide bonds. The second kappa shape index (κ2) is 13.4. The van der Waals surface area contributed by atoms with Gasteiger partial charge >= 0.3 is 0 Å². The molecule has 3 aromatic rings. The first-order chi connectivity index (χ1) is 17.9. The zero-order chi connectivity index (χ0) is 26.8. The predicted molar refractivity (Wildman–Crippen MR) is 148 cm³/mol. The minimum atomic E-state index is -0.319. The molecule has 10 heteroatoms. The smallest absolute Gasteiger partial charge is 0.247 e. The Morgan fingerprint density at radius 2 is 1.95 bits per heavy atom. The number of ether oxygens (including phenoxy) is 1. The van der Waals surface area contributed by atoms with E-state index < -0.39 is 0 Å². The van der Waals surface area contributed by atoms with Crippen molar-refractivity contribution in [2.75, 3.05) is 35.7 Å². The number of hydrogen-bond donors (Lipinski definition) is 3. The number of nitrogens with one attached hydrogen (secondary N) is 2. The molecule has 2 aromatic carbocycles. The molecule has 0 fully saturated rings. The van der Waals surface area contributed by atoms with Gasteiger partial charge in [-0.15, -0.1) is 0 Å². The molecule has 9 nitrogen and oxygen atoms in total. The number of benzene rings is 2. The fraction of sp³-hybridized carbons (Fsp3) is 0.259. The maximum absolute atomic E-state index is 12.0. The fourth-order valence-corrected chi connectivity index (χ4v) is 3.90. The van der Waals surface area contributed by atoms with Gasteiger partial charge in [-0.3, -0.25) is 9.59 Å². The number of para-hydroxylation sites is 2. The molecule has 1 heterocycles. The van der Waals surface area contributed by atoms with E-state index in [0.717, 1.165) is 24.1 Å². The molecular formula is C27H31ClN6O3. The average Bonchev–Trinajstić information content (AvgIpc) is 2.90. The number of nitrogens with two attached hydrogens (primary N) is 1. The summed E-state index contributed by atoms with van der Waals surface area (Å²) in [6.07, 6.45) is 4.86. The Morgan fingerprint density at radius 3 is 2.62 bits per heavy atom. The first-order valence-corrected chi connectivity index (χ1v) is 12.2. The van der Waals surface area contributed by atoms with Crippen LogP contribution in [0.2, 0.25) is 5.02 Å². The van der Waals surface area contributed by atoms with Gasteiger partial charge in [0.1, 0.15) is 16.6 Å². The standard InChI is InChI=1S/C27H31ClN6O3/c1-4-26(36)31-22-9-5-6-10-23(22)32-27-21(28)17-30-25(33-27)11-7-8-19-12-13-20(16-24(19)37-3)34(15-14-29)18(2)35/h4-6,9-10,12-13,16-17H,1,7-8,11,14-15,29H2,2-3H3,(H,31,36)(H,30,32,33). The molecule has 0 atom stereocenters. The maximum atomic E-state index is 12.0. The van der Waals surface area contributed by atoms with E-state index in [4.69, 9.17) is 22.1 Å². The number of halogens is 1. The van der Waals surface area contributed by atoms with E-state index >= 15 is 0 Å². The predicted octanol–water partition coefficient (Wildman–Crippen LogP) is 4.49. The number of nitrogens with zero attached hydrogens (tertiary/aromatic N) is 3. The van der Waals surface area contributed by atoms with E-state index in [0.29, 0.717) is 53.3 Å². The van der Waals surface area contributed by atoms with Crippen molar-refractivity contribution in [2.45, 2.75) is 26.2 Å². The lowest BCUT2D eigenvalue weighted by molar-refractivity contribution is -0.116. The van der Waals surface area contributed by atoms with Gasteiger partial charge in [-0.05, 0) is 42.7 Å². The summed E-state index contributed by atoms with van der Waals surface area (Å²) in [6, 6.07) is 13.0. The number of methoxy groups -OCH3 is 1. The molecule has 0 saturated carbocycles. The Kier molecular flexibility index (Phi) is 10.00. The summed E-state index contributed by atoms with van der Waals surface area (Å²) in [5.74, 6) is 1.38. The molecule has 3 rings (SSSR count). The van der Waals surface area contributed by atoms with Crippen LogP contribution in [0.3, 0.4) is 0 Å². The van der Waals surface area contributed by atoms with E-state index in [1.165, 1.54) is 13.0 Å². The van der Waals surface area contributed by atoms with Crippen LogP contribution in [0.1, 0.15) is 24.7 Å². The van der Waals surface area contributed by atoms with Gasteiger partial charge in [0.15, 0.2) is 5.82 Å². The summed E-state index contributed by atoms with van der Waals surface area (Å²) in [7, 11) is 1.61. The molecule has 0 radical (unpaired) electrons. The van der Waals surface area contributed by atoms with Crippen LogP contribution >= 0.6 is 11.6 Å². The number of carbonyl (C=O) groups is 2. The van der Waals surface area contributed by atoms with Gasteiger partial charge in [-0.1, -0.05) is 36.4 Å². The summed E-state index contributed by atoms with van der Waals surface area (Å²) >= 11 is 6.34. The molecule has 0 unspecified atom stereocenters. The van der Waals surface area contributed by atoms with E-state index in [9.17, 15) is 9.59 Å². The van der Waals surface area contributed by atoms with E-state index in [-0.39, 0.29) is 11.8 Å². The Bertz CT molecular complexity index is 1270. The van der Waals surface area contributed by atoms with E-state index in [2.05, 4.69) is 27.2 Å². The highest BCUT2D eigenvalue weighted by atomic mass is 35.5. The highest BCUT2D eigenvalue weighted by Gasteiger charge is 2.14. The SMILES string of the molecule is C=CC(=O)Nc1ccccc1Nc1nc(CCCc2ccc(N(CCN)C(C)=O)cc2OC)ncc1Cl. The van der Waals surface area contributed by atoms with Crippen molar-refractivity contribution in [1.29, 1.82) is 0 Å². The van der Waals surface area contributed by atoms with Crippen molar-refractivity contribution in [1.82, 2.24) is 9.97 Å². The Balaban J connectivity index is 1.69. The second-order valence-electron chi connectivity index (χ2n) is 8.16. The van der Waals surface area contributed by atoms with Crippen LogP contribution in [0.5, 0.6) is 5.75 Å². The van der Waals surface area contributed by atoms with E-state index in [1.807, 2.05) is 36.4 Å². The zero-order valence-electron chi connectivity index (χ0n) is 21.0. The maximum Gasteiger partial charge on any atom is 0.247 e. The zero-order valence-corrected chi connectivity index (χ0v) is 21.7. The molecule has 194 valence electrons. The lowest BCUT2D eigenvalue weighted by Crippen LogP contribution is -2.33. The molecule has 0 aliphatic carbocycles. The fourth-order valence-electron chi connectivity index (χ4n) is 3.77. The van der Waals surface area contributed by atoms with Crippen LogP contribution in [0.15, 0.2) is 61.3 Å². The lowest BCUT2D eigenvalue weighted by atomic mass is 10.1. The largest absolute Gasteiger partial charge is 0.496 e. The number of rotatable bonds is 12. The molecule has 1 aromatic heterocycles. The van der Waals surface area contributed by atoms with Crippen molar-refractivity contribution >= 4 is 46.3 Å². The number of aromatic nitrogens is 2. The molecule has 0 spiro atoms. The summed E-state index contributed by atoms with van der Waals surface area (Å²) in [4.78, 5) is 34.3. The summed E-state index contributed by atoms with van der Waals surface area (Å²) < 4.78 is 5.58. The van der Waals surface area contributed by atoms with Crippen molar-refractivity contribution in [3.05, 3.63) is 77.7 Å². The van der Waals surface area contributed by atoms with E-state index in [1.54, 1.807) is 24.3 Å². The topological polar surface area (TPSA) is 122 Å². The minimum absolute atomic E-state index is 0.0738. The van der Waals surface area contributed by atoms with Crippen LogP contribution in [0.4, 0.5) is 22.9 Å². The highest BCUT2D eigenvalue weighted by molar-refractivity contribution is 6.32. The van der Waals surface area contributed by atoms with Crippen molar-refractivity contribution < 1.29 is 14.3 Å². The minimum Gasteiger partial charge on any atom is -0.496 e. The van der Waals surface area contributed by atoms with Crippen LogP contribution in [0.25, 0.3) is 0 Å². The highest BCUT2D eigenvalue weighted by Crippen LogP contribution is 2.29. The van der Waals surface area contributed by atoms with Crippen molar-refractivity contribution in [3.63, 3.8) is 0 Å². The monoisotopic (exact) mass is 522 g/mol. The van der Waals surface area contributed by atoms with Crippen molar-refractivity contribution in [3.8, 4) is 5.75 Å². The van der Waals surface area contributed by atoms with Crippen LogP contribution in [-0.2, 0) is 22.4 Å². The quantitative estimate of drug-likeness (QED) is 0.299. The average molecular weight is 523 g/mol. The molecule has 4 N–H and O–H groups in total. The summed E-state index contributed by atoms with van der Waals surface area (Å²) in [5.41, 5.74) is 8.64. The Hall–Kier alpha value is -3.95. The van der Waals surface area contributed by atoms with Crippen LogP contribution < -0.4 is 26.0 Å². The Labute approximate surface area is 221 Å². The number of aryl methyl sites for hydroxylation is 2. The molecular weight excluding hydrogens is 492 g/mol. The van der Waals surface area contributed by atoms with Gasteiger partial charge in [0.2, 0.25) is 11.8 Å². The molecule has 0 aliphatic rings. The van der Waals surface area contributed by atoms with Crippen LogP contribution in [-0.4, -0.2) is 42.0 Å². The number of hydrogen-bond acceptors (Lipinski definition) is 7. The molecule has 0 aliphatic heterocycles. The van der Waals surface area contributed by atoms with Gasteiger partial charge in [0, 0.05) is 38.2 Å². The van der Waals surface area contributed by atoms with Gasteiger partial charge in [0.05, 0.1) is 24.7 Å².